The van der Waals surface area contributed by atoms with E-state index >= 15 is 0 Å². The maximum absolute atomic E-state index is 11.3. The minimum absolute atomic E-state index is 0.163. The number of nitrogens with two attached hydrogens (primary N) is 2. The van der Waals surface area contributed by atoms with Gasteiger partial charge in [-0.3, -0.25) is 0 Å². The number of rotatable bonds is 2. The van der Waals surface area contributed by atoms with E-state index in [4.69, 9.17) is 27.8 Å². The van der Waals surface area contributed by atoms with Gasteiger partial charge in [0.25, 0.3) is 0 Å². The molecule has 5 heteroatoms. The molecule has 1 aromatic carbocycles. The van der Waals surface area contributed by atoms with Crippen LogP contribution in [0.25, 0.3) is 0 Å². The van der Waals surface area contributed by atoms with E-state index in [0.717, 1.165) is 0 Å². The molecule has 4 nitrogen and oxygen atoms in total. The highest BCUT2D eigenvalue weighted by Crippen LogP contribution is 2.28. The molecule has 1 aromatic rings. The van der Waals surface area contributed by atoms with E-state index < -0.39 is 5.97 Å². The Morgan fingerprint density at radius 2 is 2.07 bits per heavy atom. The van der Waals surface area contributed by atoms with E-state index in [9.17, 15) is 4.79 Å². The van der Waals surface area contributed by atoms with E-state index in [1.807, 2.05) is 0 Å². The van der Waals surface area contributed by atoms with E-state index in [0.29, 0.717) is 11.6 Å². The minimum atomic E-state index is -0.492. The summed E-state index contributed by atoms with van der Waals surface area (Å²) in [6.45, 7) is 2.01. The number of benzene rings is 1. The second-order valence-electron chi connectivity index (χ2n) is 2.64. The van der Waals surface area contributed by atoms with Crippen molar-refractivity contribution in [3.05, 3.63) is 22.7 Å². The van der Waals surface area contributed by atoms with Gasteiger partial charge in [-0.1, -0.05) is 11.6 Å². The van der Waals surface area contributed by atoms with Gasteiger partial charge in [0, 0.05) is 0 Å². The molecule has 0 aliphatic heterocycles. The van der Waals surface area contributed by atoms with E-state index in [2.05, 4.69) is 0 Å². The number of carbonyl (C=O) groups excluding carboxylic acids is 1. The number of nitrogen functional groups attached to an aromatic ring is 2. The summed E-state index contributed by atoms with van der Waals surface area (Å²) >= 11 is 5.71. The standard InChI is InChI=1S/C9H11ClN2O2/c1-2-14-9(13)5-3-4-6(10)8(12)7(5)11/h3-4H,2,11-12H2,1H3. The van der Waals surface area contributed by atoms with Gasteiger partial charge in [-0.2, -0.15) is 0 Å². The van der Waals surface area contributed by atoms with Crippen LogP contribution in [0, 0.1) is 0 Å². The molecule has 76 valence electrons. The number of ether oxygens (including phenoxy) is 1. The van der Waals surface area contributed by atoms with Gasteiger partial charge in [0.2, 0.25) is 0 Å². The molecule has 0 spiro atoms. The molecule has 0 aliphatic rings. The average Bonchev–Trinajstić information content (AvgIpc) is 2.15. The average molecular weight is 215 g/mol. The normalized spacial score (nSPS) is 9.86. The quantitative estimate of drug-likeness (QED) is 0.580. The van der Waals surface area contributed by atoms with Crippen molar-refractivity contribution in [2.45, 2.75) is 6.92 Å². The first-order valence-electron chi connectivity index (χ1n) is 4.08. The van der Waals surface area contributed by atoms with Gasteiger partial charge in [0.1, 0.15) is 0 Å². The Morgan fingerprint density at radius 3 is 2.64 bits per heavy atom. The highest BCUT2D eigenvalue weighted by molar-refractivity contribution is 6.34. The molecule has 0 saturated carbocycles. The summed E-state index contributed by atoms with van der Waals surface area (Å²) < 4.78 is 4.79. The van der Waals surface area contributed by atoms with Crippen LogP contribution >= 0.6 is 11.6 Å². The molecule has 0 aromatic heterocycles. The van der Waals surface area contributed by atoms with Crippen molar-refractivity contribution < 1.29 is 9.53 Å². The summed E-state index contributed by atoms with van der Waals surface area (Å²) in [5, 5.41) is 0.329. The molecule has 0 fully saturated rings. The van der Waals surface area contributed by atoms with E-state index in [-0.39, 0.29) is 16.9 Å². The lowest BCUT2D eigenvalue weighted by molar-refractivity contribution is 0.0527. The Hall–Kier alpha value is -1.42. The topological polar surface area (TPSA) is 78.3 Å². The highest BCUT2D eigenvalue weighted by atomic mass is 35.5. The smallest absolute Gasteiger partial charge is 0.340 e. The Labute approximate surface area is 86.8 Å². The largest absolute Gasteiger partial charge is 0.462 e. The number of halogens is 1. The van der Waals surface area contributed by atoms with Crippen LogP contribution in [0.15, 0.2) is 12.1 Å². The number of hydrogen-bond acceptors (Lipinski definition) is 4. The van der Waals surface area contributed by atoms with Gasteiger partial charge in [-0.15, -0.1) is 0 Å². The third kappa shape index (κ3) is 1.90. The third-order valence-corrected chi connectivity index (χ3v) is 2.06. The summed E-state index contributed by atoms with van der Waals surface area (Å²) in [7, 11) is 0. The molecule has 0 atom stereocenters. The van der Waals surface area contributed by atoms with Gasteiger partial charge in [-0.05, 0) is 19.1 Å². The lowest BCUT2D eigenvalue weighted by Gasteiger charge is -2.08. The molecule has 0 saturated heterocycles. The fraction of sp³-hybridized carbons (Fsp3) is 0.222. The molecule has 14 heavy (non-hydrogen) atoms. The molecule has 0 unspecified atom stereocenters. The Kier molecular flexibility index (Phi) is 3.19. The zero-order valence-electron chi connectivity index (χ0n) is 7.71. The van der Waals surface area contributed by atoms with Crippen molar-refractivity contribution in [3.8, 4) is 0 Å². The molecule has 0 aliphatic carbocycles. The molecule has 0 amide bonds. The van der Waals surface area contributed by atoms with Crippen molar-refractivity contribution in [1.82, 2.24) is 0 Å². The minimum Gasteiger partial charge on any atom is -0.462 e. The lowest BCUT2D eigenvalue weighted by Crippen LogP contribution is -2.09. The first-order chi connectivity index (χ1) is 6.57. The molecule has 0 bridgehead atoms. The summed E-state index contributed by atoms with van der Waals surface area (Å²) in [5.74, 6) is -0.492. The van der Waals surface area contributed by atoms with Crippen molar-refractivity contribution in [2.24, 2.45) is 0 Å². The predicted octanol–water partition coefficient (Wildman–Crippen LogP) is 1.68. The summed E-state index contributed by atoms with van der Waals surface area (Å²) in [6.07, 6.45) is 0. The van der Waals surface area contributed by atoms with Crippen molar-refractivity contribution >= 4 is 28.9 Å². The van der Waals surface area contributed by atoms with Gasteiger partial charge >= 0.3 is 5.97 Å². The van der Waals surface area contributed by atoms with Crippen LogP contribution in [0.1, 0.15) is 17.3 Å². The first kappa shape index (κ1) is 10.7. The van der Waals surface area contributed by atoms with Crippen molar-refractivity contribution in [3.63, 3.8) is 0 Å². The molecular weight excluding hydrogens is 204 g/mol. The maximum Gasteiger partial charge on any atom is 0.340 e. The number of hydrogen-bond donors (Lipinski definition) is 2. The maximum atomic E-state index is 11.3. The van der Waals surface area contributed by atoms with Gasteiger partial charge in [-0.25, -0.2) is 4.79 Å². The zero-order chi connectivity index (χ0) is 10.7. The van der Waals surface area contributed by atoms with Crippen molar-refractivity contribution in [1.29, 1.82) is 0 Å². The first-order valence-corrected chi connectivity index (χ1v) is 4.46. The van der Waals surface area contributed by atoms with Crippen LogP contribution < -0.4 is 11.5 Å². The van der Waals surface area contributed by atoms with Crippen LogP contribution in [-0.2, 0) is 4.74 Å². The third-order valence-electron chi connectivity index (χ3n) is 1.73. The SMILES string of the molecule is CCOC(=O)c1ccc(Cl)c(N)c1N. The fourth-order valence-corrected chi connectivity index (χ4v) is 1.16. The second kappa shape index (κ2) is 4.19. The lowest BCUT2D eigenvalue weighted by atomic mass is 10.1. The summed E-state index contributed by atoms with van der Waals surface area (Å²) in [6, 6.07) is 3.01. The Balaban J connectivity index is 3.11. The van der Waals surface area contributed by atoms with E-state index in [1.54, 1.807) is 6.92 Å². The number of carbonyl (C=O) groups is 1. The van der Waals surface area contributed by atoms with Gasteiger partial charge in [0.15, 0.2) is 0 Å². The number of anilines is 2. The molecular formula is C9H11ClN2O2. The molecule has 4 N–H and O–H groups in total. The highest BCUT2D eigenvalue weighted by Gasteiger charge is 2.14. The fourth-order valence-electron chi connectivity index (χ4n) is 0.997. The Morgan fingerprint density at radius 1 is 1.43 bits per heavy atom. The van der Waals surface area contributed by atoms with Crippen LogP contribution in [0.2, 0.25) is 5.02 Å². The molecule has 1 rings (SSSR count). The summed E-state index contributed by atoms with van der Waals surface area (Å²) in [4.78, 5) is 11.3. The van der Waals surface area contributed by atoms with Crippen LogP contribution in [0.5, 0.6) is 0 Å². The molecule has 0 heterocycles. The van der Waals surface area contributed by atoms with Gasteiger partial charge < -0.3 is 16.2 Å². The monoisotopic (exact) mass is 214 g/mol. The predicted molar refractivity (Wildman–Crippen MR) is 56.2 cm³/mol. The number of esters is 1. The van der Waals surface area contributed by atoms with Crippen LogP contribution in [-0.4, -0.2) is 12.6 Å². The summed E-state index contributed by atoms with van der Waals surface area (Å²) in [5.41, 5.74) is 11.8. The zero-order valence-corrected chi connectivity index (χ0v) is 8.47. The second-order valence-corrected chi connectivity index (χ2v) is 3.05. The van der Waals surface area contributed by atoms with Gasteiger partial charge in [0.05, 0.1) is 28.6 Å². The molecule has 0 radical (unpaired) electrons. The van der Waals surface area contributed by atoms with Crippen LogP contribution in [0.3, 0.4) is 0 Å². The van der Waals surface area contributed by atoms with Crippen molar-refractivity contribution in [2.75, 3.05) is 18.1 Å². The van der Waals surface area contributed by atoms with Crippen LogP contribution in [0.4, 0.5) is 11.4 Å². The Bertz CT molecular complexity index is 366. The van der Waals surface area contributed by atoms with E-state index in [1.165, 1.54) is 12.1 Å².